The van der Waals surface area contributed by atoms with Crippen molar-refractivity contribution >= 4 is 23.0 Å². The highest BCUT2D eigenvalue weighted by molar-refractivity contribution is 6.04. The van der Waals surface area contributed by atoms with Crippen molar-refractivity contribution in [2.45, 2.75) is 20.0 Å². The lowest BCUT2D eigenvalue weighted by atomic mass is 10.1. The normalized spacial score (nSPS) is 14.3. The highest BCUT2D eigenvalue weighted by Crippen LogP contribution is 2.27. The topological polar surface area (TPSA) is 76.8 Å². The van der Waals surface area contributed by atoms with Gasteiger partial charge in [0.15, 0.2) is 0 Å². The second-order valence-corrected chi connectivity index (χ2v) is 6.52. The Bertz CT molecular complexity index is 771. The Morgan fingerprint density at radius 2 is 1.96 bits per heavy atom. The molecule has 1 aliphatic heterocycles. The van der Waals surface area contributed by atoms with Gasteiger partial charge in [-0.05, 0) is 50.2 Å². The molecule has 0 spiro atoms. The summed E-state index contributed by atoms with van der Waals surface area (Å²) < 4.78 is 11.0. The summed E-state index contributed by atoms with van der Waals surface area (Å²) in [6.07, 6.45) is 0.0563. The maximum absolute atomic E-state index is 12.5. The lowest BCUT2D eigenvalue weighted by Crippen LogP contribution is -2.36. The molecule has 0 aliphatic carbocycles. The van der Waals surface area contributed by atoms with Crippen LogP contribution in [0.5, 0.6) is 5.75 Å². The predicted octanol–water partition coefficient (Wildman–Crippen LogP) is 3.14. The minimum atomic E-state index is -0.197. The van der Waals surface area contributed by atoms with Crippen LogP contribution in [0.15, 0.2) is 42.5 Å². The number of hydrogen-bond acceptors (Lipinski definition) is 5. The van der Waals surface area contributed by atoms with Gasteiger partial charge in [-0.15, -0.1) is 0 Å². The molecule has 0 saturated carbocycles. The van der Waals surface area contributed by atoms with Crippen LogP contribution >= 0.6 is 0 Å². The van der Waals surface area contributed by atoms with Gasteiger partial charge in [-0.2, -0.15) is 0 Å². The number of hydrogen-bond donors (Lipinski definition) is 2. The first kappa shape index (κ1) is 18.1. The Labute approximate surface area is 153 Å². The van der Waals surface area contributed by atoms with E-state index in [1.54, 1.807) is 18.2 Å². The number of nitrogens with zero attached hydrogens (tertiary/aromatic N) is 1. The summed E-state index contributed by atoms with van der Waals surface area (Å²) in [5.41, 5.74) is 9.01. The van der Waals surface area contributed by atoms with Gasteiger partial charge in [-0.25, -0.2) is 0 Å². The number of nitrogen functional groups attached to an aromatic ring is 1. The highest BCUT2D eigenvalue weighted by Gasteiger charge is 2.15. The standard InChI is InChI=1S/C20H25N3O3/c1-14(2)26-17-5-3-4-15(12-17)20(24)22-16-6-7-19(18(21)13-16)23-8-10-25-11-9-23/h3-7,12-14H,8-11,21H2,1-2H3,(H,22,24). The Hall–Kier alpha value is -2.73. The van der Waals surface area contributed by atoms with Crippen molar-refractivity contribution in [1.29, 1.82) is 0 Å². The van der Waals surface area contributed by atoms with E-state index in [0.29, 0.717) is 35.9 Å². The highest BCUT2D eigenvalue weighted by atomic mass is 16.5. The van der Waals surface area contributed by atoms with Crippen molar-refractivity contribution in [3.05, 3.63) is 48.0 Å². The minimum absolute atomic E-state index is 0.0563. The fourth-order valence-electron chi connectivity index (χ4n) is 2.91. The van der Waals surface area contributed by atoms with Crippen LogP contribution in [0.25, 0.3) is 0 Å². The average Bonchev–Trinajstić information content (AvgIpc) is 2.62. The van der Waals surface area contributed by atoms with Gasteiger partial charge in [-0.1, -0.05) is 6.07 Å². The third-order valence-electron chi connectivity index (χ3n) is 4.11. The lowest BCUT2D eigenvalue weighted by Gasteiger charge is -2.30. The van der Waals surface area contributed by atoms with Crippen LogP contribution in [0.3, 0.4) is 0 Å². The van der Waals surface area contributed by atoms with Crippen LogP contribution < -0.4 is 20.7 Å². The van der Waals surface area contributed by atoms with Crippen molar-refractivity contribution in [2.24, 2.45) is 0 Å². The maximum Gasteiger partial charge on any atom is 0.255 e. The molecule has 1 saturated heterocycles. The number of amides is 1. The van der Waals surface area contributed by atoms with E-state index in [4.69, 9.17) is 15.2 Å². The summed E-state index contributed by atoms with van der Waals surface area (Å²) in [5, 5.41) is 2.89. The molecule has 3 N–H and O–H groups in total. The molecule has 6 nitrogen and oxygen atoms in total. The zero-order chi connectivity index (χ0) is 18.5. The van der Waals surface area contributed by atoms with E-state index in [0.717, 1.165) is 18.8 Å². The molecule has 1 fully saturated rings. The molecule has 0 atom stereocenters. The van der Waals surface area contributed by atoms with Gasteiger partial charge in [0.25, 0.3) is 5.91 Å². The molecule has 1 amide bonds. The number of carbonyl (C=O) groups excluding carboxylic acids is 1. The van der Waals surface area contributed by atoms with Gasteiger partial charge in [-0.3, -0.25) is 4.79 Å². The summed E-state index contributed by atoms with van der Waals surface area (Å²) in [6.45, 7) is 6.94. The number of nitrogens with one attached hydrogen (secondary N) is 1. The fraction of sp³-hybridized carbons (Fsp3) is 0.350. The van der Waals surface area contributed by atoms with Gasteiger partial charge in [0.05, 0.1) is 30.7 Å². The second-order valence-electron chi connectivity index (χ2n) is 6.52. The number of anilines is 3. The molecule has 26 heavy (non-hydrogen) atoms. The number of benzene rings is 2. The summed E-state index contributed by atoms with van der Waals surface area (Å²) in [5.74, 6) is 0.479. The van der Waals surface area contributed by atoms with Gasteiger partial charge in [0.1, 0.15) is 5.75 Å². The first-order valence-corrected chi connectivity index (χ1v) is 8.83. The van der Waals surface area contributed by atoms with E-state index in [-0.39, 0.29) is 12.0 Å². The van der Waals surface area contributed by atoms with Crippen molar-refractivity contribution in [1.82, 2.24) is 0 Å². The fourth-order valence-corrected chi connectivity index (χ4v) is 2.91. The molecule has 2 aromatic rings. The number of ether oxygens (including phenoxy) is 2. The molecular formula is C20H25N3O3. The van der Waals surface area contributed by atoms with E-state index in [2.05, 4.69) is 10.2 Å². The molecule has 1 heterocycles. The summed E-state index contributed by atoms with van der Waals surface area (Å²) in [4.78, 5) is 14.7. The zero-order valence-electron chi connectivity index (χ0n) is 15.2. The average molecular weight is 355 g/mol. The van der Waals surface area contributed by atoms with Crippen LogP contribution in [-0.4, -0.2) is 38.3 Å². The molecule has 0 unspecified atom stereocenters. The maximum atomic E-state index is 12.5. The number of nitrogens with two attached hydrogens (primary N) is 1. The van der Waals surface area contributed by atoms with Crippen LogP contribution in [-0.2, 0) is 4.74 Å². The number of carbonyl (C=O) groups is 1. The van der Waals surface area contributed by atoms with E-state index in [1.165, 1.54) is 0 Å². The van der Waals surface area contributed by atoms with Gasteiger partial charge in [0.2, 0.25) is 0 Å². The van der Waals surface area contributed by atoms with Gasteiger partial charge < -0.3 is 25.4 Å². The van der Waals surface area contributed by atoms with Crippen LogP contribution in [0, 0.1) is 0 Å². The first-order chi connectivity index (χ1) is 12.5. The monoisotopic (exact) mass is 355 g/mol. The van der Waals surface area contributed by atoms with Crippen molar-refractivity contribution in [3.63, 3.8) is 0 Å². The Kier molecular flexibility index (Phi) is 5.63. The summed E-state index contributed by atoms with van der Waals surface area (Å²) >= 11 is 0. The number of rotatable bonds is 5. The van der Waals surface area contributed by atoms with Gasteiger partial charge in [0, 0.05) is 24.3 Å². The Morgan fingerprint density at radius 3 is 2.65 bits per heavy atom. The molecule has 0 aromatic heterocycles. The second kappa shape index (κ2) is 8.10. The molecule has 3 rings (SSSR count). The van der Waals surface area contributed by atoms with Crippen molar-refractivity contribution < 1.29 is 14.3 Å². The van der Waals surface area contributed by atoms with E-state index >= 15 is 0 Å². The molecule has 138 valence electrons. The van der Waals surface area contributed by atoms with Crippen LogP contribution in [0.4, 0.5) is 17.1 Å². The molecule has 0 radical (unpaired) electrons. The van der Waals surface area contributed by atoms with Gasteiger partial charge >= 0.3 is 0 Å². The molecule has 0 bridgehead atoms. The SMILES string of the molecule is CC(C)Oc1cccc(C(=O)Nc2ccc(N3CCOCC3)c(N)c2)c1. The smallest absolute Gasteiger partial charge is 0.255 e. The van der Waals surface area contributed by atoms with E-state index in [1.807, 2.05) is 38.1 Å². The predicted molar refractivity (Wildman–Crippen MR) is 104 cm³/mol. The molecule has 6 heteroatoms. The first-order valence-electron chi connectivity index (χ1n) is 8.83. The third kappa shape index (κ3) is 4.46. The Morgan fingerprint density at radius 1 is 1.19 bits per heavy atom. The lowest BCUT2D eigenvalue weighted by molar-refractivity contribution is 0.102. The molecule has 1 aliphatic rings. The molecular weight excluding hydrogens is 330 g/mol. The Balaban J connectivity index is 1.70. The zero-order valence-corrected chi connectivity index (χ0v) is 15.2. The quantitative estimate of drug-likeness (QED) is 0.806. The minimum Gasteiger partial charge on any atom is -0.491 e. The van der Waals surface area contributed by atoms with Crippen LogP contribution in [0.1, 0.15) is 24.2 Å². The van der Waals surface area contributed by atoms with Crippen LogP contribution in [0.2, 0.25) is 0 Å². The van der Waals surface area contributed by atoms with Crippen molar-refractivity contribution in [2.75, 3.05) is 42.3 Å². The number of morpholine rings is 1. The summed E-state index contributed by atoms with van der Waals surface area (Å²) in [7, 11) is 0. The molecule has 2 aromatic carbocycles. The van der Waals surface area contributed by atoms with Crippen molar-refractivity contribution in [3.8, 4) is 5.75 Å². The van der Waals surface area contributed by atoms with E-state index < -0.39 is 0 Å². The van der Waals surface area contributed by atoms with E-state index in [9.17, 15) is 4.79 Å². The largest absolute Gasteiger partial charge is 0.491 e. The summed E-state index contributed by atoms with van der Waals surface area (Å²) in [6, 6.07) is 12.7. The third-order valence-corrected chi connectivity index (χ3v) is 4.11.